The molecule has 0 aliphatic carbocycles. The zero-order valence-corrected chi connectivity index (χ0v) is 10.7. The monoisotopic (exact) mass is 264 g/mol. The number of carbonyl (C=O) groups is 2. The van der Waals surface area contributed by atoms with Gasteiger partial charge >= 0.3 is 11.9 Å². The maximum absolute atomic E-state index is 11.7. The minimum Gasteiger partial charge on any atom is -0.481 e. The number of carbonyl (C=O) groups excluding carboxylic acids is 1. The third-order valence-corrected chi connectivity index (χ3v) is 3.26. The van der Waals surface area contributed by atoms with Crippen molar-refractivity contribution in [3.05, 3.63) is 23.9 Å². The van der Waals surface area contributed by atoms with Crippen LogP contribution in [-0.2, 0) is 9.53 Å². The van der Waals surface area contributed by atoms with Gasteiger partial charge in [-0.3, -0.25) is 4.79 Å². The van der Waals surface area contributed by atoms with Gasteiger partial charge in [-0.2, -0.15) is 0 Å². The highest BCUT2D eigenvalue weighted by molar-refractivity contribution is 5.94. The highest BCUT2D eigenvalue weighted by Gasteiger charge is 2.28. The Hall–Kier alpha value is -2.11. The average molecular weight is 264 g/mol. The van der Waals surface area contributed by atoms with Gasteiger partial charge in [0.15, 0.2) is 0 Å². The van der Waals surface area contributed by atoms with Crippen molar-refractivity contribution in [1.29, 1.82) is 0 Å². The van der Waals surface area contributed by atoms with E-state index < -0.39 is 17.9 Å². The fourth-order valence-corrected chi connectivity index (χ4v) is 2.29. The summed E-state index contributed by atoms with van der Waals surface area (Å²) in [4.78, 5) is 28.8. The molecule has 1 aliphatic heterocycles. The van der Waals surface area contributed by atoms with E-state index >= 15 is 0 Å². The lowest BCUT2D eigenvalue weighted by molar-refractivity contribution is -0.141. The second-order valence-electron chi connectivity index (χ2n) is 4.49. The number of carboxylic acids is 1. The first kappa shape index (κ1) is 13.3. The summed E-state index contributed by atoms with van der Waals surface area (Å²) in [6, 6.07) is 3.30. The van der Waals surface area contributed by atoms with Gasteiger partial charge in [0.1, 0.15) is 11.4 Å². The zero-order valence-electron chi connectivity index (χ0n) is 10.7. The molecule has 6 nitrogen and oxygen atoms in total. The predicted octanol–water partition coefficient (Wildman–Crippen LogP) is 1.17. The molecule has 0 bridgehead atoms. The largest absolute Gasteiger partial charge is 0.481 e. The van der Waals surface area contributed by atoms with E-state index in [1.165, 1.54) is 7.11 Å². The van der Waals surface area contributed by atoms with Crippen LogP contribution in [0.4, 0.5) is 5.82 Å². The number of hydrogen-bond donors (Lipinski definition) is 1. The van der Waals surface area contributed by atoms with Gasteiger partial charge in [0.25, 0.3) is 0 Å². The first-order valence-electron chi connectivity index (χ1n) is 6.14. The maximum Gasteiger partial charge on any atom is 0.341 e. The Kier molecular flexibility index (Phi) is 3.99. The lowest BCUT2D eigenvalue weighted by Crippen LogP contribution is -2.39. The van der Waals surface area contributed by atoms with Gasteiger partial charge in [0, 0.05) is 19.3 Å². The smallest absolute Gasteiger partial charge is 0.341 e. The van der Waals surface area contributed by atoms with Crippen molar-refractivity contribution < 1.29 is 19.4 Å². The second-order valence-corrected chi connectivity index (χ2v) is 4.49. The Morgan fingerprint density at radius 2 is 2.32 bits per heavy atom. The molecule has 1 N–H and O–H groups in total. The Morgan fingerprint density at radius 3 is 3.00 bits per heavy atom. The molecule has 0 radical (unpaired) electrons. The quantitative estimate of drug-likeness (QED) is 0.825. The summed E-state index contributed by atoms with van der Waals surface area (Å²) < 4.78 is 4.72. The van der Waals surface area contributed by atoms with Gasteiger partial charge < -0.3 is 14.7 Å². The Morgan fingerprint density at radius 1 is 1.53 bits per heavy atom. The average Bonchev–Trinajstić information content (AvgIpc) is 2.46. The van der Waals surface area contributed by atoms with Crippen LogP contribution < -0.4 is 4.90 Å². The van der Waals surface area contributed by atoms with Crippen molar-refractivity contribution in [2.24, 2.45) is 5.92 Å². The molecule has 1 aromatic rings. The summed E-state index contributed by atoms with van der Waals surface area (Å²) in [5, 5.41) is 9.09. The number of aromatic nitrogens is 1. The van der Waals surface area contributed by atoms with Crippen molar-refractivity contribution in [2.45, 2.75) is 12.8 Å². The van der Waals surface area contributed by atoms with E-state index in [1.807, 2.05) is 4.90 Å². The number of ether oxygens (including phenoxy) is 1. The van der Waals surface area contributed by atoms with Crippen LogP contribution in [0.1, 0.15) is 23.2 Å². The molecule has 1 fully saturated rings. The van der Waals surface area contributed by atoms with Gasteiger partial charge in [-0.15, -0.1) is 0 Å². The van der Waals surface area contributed by atoms with Gasteiger partial charge in [-0.25, -0.2) is 9.78 Å². The third kappa shape index (κ3) is 2.83. The summed E-state index contributed by atoms with van der Waals surface area (Å²) in [7, 11) is 1.31. The number of carboxylic acid groups (broad SMARTS) is 1. The molecule has 1 atom stereocenters. The number of anilines is 1. The molecule has 0 amide bonds. The molecule has 1 aliphatic rings. The molecule has 0 aromatic carbocycles. The summed E-state index contributed by atoms with van der Waals surface area (Å²) in [5.74, 6) is -1.18. The molecule has 1 aromatic heterocycles. The summed E-state index contributed by atoms with van der Waals surface area (Å²) >= 11 is 0. The van der Waals surface area contributed by atoms with Crippen molar-refractivity contribution in [2.75, 3.05) is 25.1 Å². The summed E-state index contributed by atoms with van der Waals surface area (Å²) in [6.45, 7) is 1.07. The minimum atomic E-state index is -0.805. The van der Waals surface area contributed by atoms with Gasteiger partial charge in [-0.1, -0.05) is 0 Å². The van der Waals surface area contributed by atoms with Crippen molar-refractivity contribution in [3.8, 4) is 0 Å². The standard InChI is InChI=1S/C13H16N2O4/c1-19-13(18)10-5-2-6-14-11(10)15-7-3-4-9(8-15)12(16)17/h2,5-6,9H,3-4,7-8H2,1H3,(H,16,17). The minimum absolute atomic E-state index is 0.371. The van der Waals surface area contributed by atoms with Crippen molar-refractivity contribution in [3.63, 3.8) is 0 Å². The molecule has 1 saturated heterocycles. The molecule has 2 rings (SSSR count). The lowest BCUT2D eigenvalue weighted by Gasteiger charge is -2.32. The van der Waals surface area contributed by atoms with Crippen molar-refractivity contribution >= 4 is 17.8 Å². The van der Waals surface area contributed by atoms with E-state index in [2.05, 4.69) is 4.98 Å². The fourth-order valence-electron chi connectivity index (χ4n) is 2.29. The zero-order chi connectivity index (χ0) is 13.8. The third-order valence-electron chi connectivity index (χ3n) is 3.26. The first-order valence-corrected chi connectivity index (χ1v) is 6.14. The molecule has 2 heterocycles. The lowest BCUT2D eigenvalue weighted by atomic mass is 9.98. The van der Waals surface area contributed by atoms with Crippen LogP contribution >= 0.6 is 0 Å². The van der Waals surface area contributed by atoms with Crippen LogP contribution in [0.15, 0.2) is 18.3 Å². The first-order chi connectivity index (χ1) is 9.13. The van der Waals surface area contributed by atoms with Gasteiger partial charge in [0.05, 0.1) is 13.0 Å². The highest BCUT2D eigenvalue weighted by Crippen LogP contribution is 2.25. The van der Waals surface area contributed by atoms with E-state index in [0.717, 1.165) is 6.42 Å². The molecule has 1 unspecified atom stereocenters. The number of nitrogens with zero attached hydrogens (tertiary/aromatic N) is 2. The Bertz CT molecular complexity index is 489. The predicted molar refractivity (Wildman–Crippen MR) is 68.1 cm³/mol. The van der Waals surface area contributed by atoms with Gasteiger partial charge in [-0.05, 0) is 25.0 Å². The Balaban J connectivity index is 2.26. The number of esters is 1. The number of aliphatic carboxylic acids is 1. The molecule has 0 saturated carbocycles. The second kappa shape index (κ2) is 5.69. The summed E-state index contributed by atoms with van der Waals surface area (Å²) in [5.41, 5.74) is 0.371. The van der Waals surface area contributed by atoms with Gasteiger partial charge in [0.2, 0.25) is 0 Å². The SMILES string of the molecule is COC(=O)c1cccnc1N1CCCC(C(=O)O)C1. The number of piperidine rings is 1. The van der Waals surface area contributed by atoms with Crippen LogP contribution in [-0.4, -0.2) is 42.2 Å². The van der Waals surface area contributed by atoms with E-state index in [0.29, 0.717) is 30.9 Å². The molecule has 19 heavy (non-hydrogen) atoms. The maximum atomic E-state index is 11.7. The van der Waals surface area contributed by atoms with Crippen LogP contribution in [0.2, 0.25) is 0 Å². The topological polar surface area (TPSA) is 79.7 Å². The van der Waals surface area contributed by atoms with E-state index in [1.54, 1.807) is 18.3 Å². The molecule has 0 spiro atoms. The number of hydrogen-bond acceptors (Lipinski definition) is 5. The van der Waals surface area contributed by atoms with E-state index in [9.17, 15) is 9.59 Å². The van der Waals surface area contributed by atoms with Crippen LogP contribution in [0.5, 0.6) is 0 Å². The molecular formula is C13H16N2O4. The number of pyridine rings is 1. The van der Waals surface area contributed by atoms with Crippen LogP contribution in [0, 0.1) is 5.92 Å². The Labute approximate surface area is 111 Å². The molecule has 102 valence electrons. The van der Waals surface area contributed by atoms with E-state index in [-0.39, 0.29) is 0 Å². The van der Waals surface area contributed by atoms with Crippen molar-refractivity contribution in [1.82, 2.24) is 4.98 Å². The summed E-state index contributed by atoms with van der Waals surface area (Å²) in [6.07, 6.45) is 3.02. The number of rotatable bonds is 3. The molecular weight excluding hydrogens is 248 g/mol. The van der Waals surface area contributed by atoms with Crippen LogP contribution in [0.25, 0.3) is 0 Å². The van der Waals surface area contributed by atoms with E-state index in [4.69, 9.17) is 9.84 Å². The number of methoxy groups -OCH3 is 1. The fraction of sp³-hybridized carbons (Fsp3) is 0.462. The van der Waals surface area contributed by atoms with Crippen LogP contribution in [0.3, 0.4) is 0 Å². The normalized spacial score (nSPS) is 19.0. The highest BCUT2D eigenvalue weighted by atomic mass is 16.5. The molecule has 6 heteroatoms.